The summed E-state index contributed by atoms with van der Waals surface area (Å²) < 4.78 is 1.92. The van der Waals surface area contributed by atoms with Gasteiger partial charge < -0.3 is 0 Å². The van der Waals surface area contributed by atoms with Gasteiger partial charge in [-0.3, -0.25) is 0 Å². The van der Waals surface area contributed by atoms with Gasteiger partial charge in [0, 0.05) is 0 Å². The molecule has 0 saturated heterocycles. The predicted octanol–water partition coefficient (Wildman–Crippen LogP) is 3.03. The standard InChI is InChI=1S/C9H20ClN2P/c1-8(2)13(9(3)4)12(10)7-5-6-11/h8-9H,5,7,13H2,1-4H3. The van der Waals surface area contributed by atoms with E-state index in [-0.39, 0.29) is 0 Å². The van der Waals surface area contributed by atoms with E-state index in [1.54, 1.807) is 0 Å². The Balaban J connectivity index is 4.13. The summed E-state index contributed by atoms with van der Waals surface area (Å²) in [6.45, 7) is 9.60. The third kappa shape index (κ3) is 4.81. The zero-order valence-electron chi connectivity index (χ0n) is 8.92. The average molecular weight is 223 g/mol. The van der Waals surface area contributed by atoms with Crippen LogP contribution in [0.1, 0.15) is 34.1 Å². The zero-order valence-corrected chi connectivity index (χ0v) is 10.8. The van der Waals surface area contributed by atoms with Crippen LogP contribution in [0.3, 0.4) is 0 Å². The third-order valence-corrected chi connectivity index (χ3v) is 6.61. The molecule has 0 saturated carbocycles. The van der Waals surface area contributed by atoms with E-state index in [1.165, 1.54) is 0 Å². The fourth-order valence-corrected chi connectivity index (χ4v) is 6.42. The molecular formula is C9H20ClN2P. The van der Waals surface area contributed by atoms with E-state index in [0.717, 1.165) is 0 Å². The van der Waals surface area contributed by atoms with Crippen LogP contribution in [0.4, 0.5) is 0 Å². The maximum absolute atomic E-state index is 8.45. The van der Waals surface area contributed by atoms with Crippen molar-refractivity contribution in [3.63, 3.8) is 0 Å². The number of rotatable bonds is 5. The fourth-order valence-electron chi connectivity index (χ4n) is 1.72. The van der Waals surface area contributed by atoms with Crippen LogP contribution in [0.2, 0.25) is 0 Å². The topological polar surface area (TPSA) is 27.0 Å². The van der Waals surface area contributed by atoms with Crippen molar-refractivity contribution in [2.45, 2.75) is 45.4 Å². The van der Waals surface area contributed by atoms with Crippen molar-refractivity contribution in [3.05, 3.63) is 0 Å². The van der Waals surface area contributed by atoms with Crippen LogP contribution in [-0.2, 0) is 0 Å². The molecule has 0 aromatic rings. The molecule has 4 heteroatoms. The van der Waals surface area contributed by atoms with Crippen LogP contribution < -0.4 is 0 Å². The molecule has 0 unspecified atom stereocenters. The van der Waals surface area contributed by atoms with Gasteiger partial charge in [-0.15, -0.1) is 0 Å². The second kappa shape index (κ2) is 6.60. The van der Waals surface area contributed by atoms with E-state index < -0.39 is 8.07 Å². The van der Waals surface area contributed by atoms with E-state index in [4.69, 9.17) is 17.0 Å². The first-order valence-electron chi connectivity index (χ1n) is 4.80. The van der Waals surface area contributed by atoms with Crippen LogP contribution >= 0.6 is 19.8 Å². The Kier molecular flexibility index (Phi) is 6.68. The molecule has 0 aliphatic heterocycles. The Morgan fingerprint density at radius 2 is 1.77 bits per heavy atom. The van der Waals surface area contributed by atoms with Gasteiger partial charge in [-0.2, -0.15) is 0 Å². The summed E-state index contributed by atoms with van der Waals surface area (Å²) in [6, 6.07) is 2.13. The van der Waals surface area contributed by atoms with Crippen LogP contribution in [0.15, 0.2) is 0 Å². The molecule has 0 aliphatic rings. The van der Waals surface area contributed by atoms with Crippen LogP contribution in [0.25, 0.3) is 0 Å². The SMILES string of the molecule is CC(C)[PH2](C(C)C)N(Cl)CCC#N. The van der Waals surface area contributed by atoms with Crippen molar-refractivity contribution in [1.29, 1.82) is 5.26 Å². The summed E-state index contributed by atoms with van der Waals surface area (Å²) >= 11 is 6.16. The van der Waals surface area contributed by atoms with Gasteiger partial charge in [0.05, 0.1) is 0 Å². The fraction of sp³-hybridized carbons (Fsp3) is 0.889. The zero-order chi connectivity index (χ0) is 10.4. The average Bonchev–Trinajstić information content (AvgIpc) is 1.99. The molecule has 78 valence electrons. The Hall–Kier alpha value is 0.170. The molecule has 0 atom stereocenters. The van der Waals surface area contributed by atoms with E-state index >= 15 is 0 Å². The molecular weight excluding hydrogens is 203 g/mol. The molecule has 0 aromatic carbocycles. The van der Waals surface area contributed by atoms with Crippen molar-refractivity contribution in [1.82, 2.24) is 4.19 Å². The van der Waals surface area contributed by atoms with Gasteiger partial charge in [-0.25, -0.2) is 0 Å². The number of halogens is 1. The van der Waals surface area contributed by atoms with Gasteiger partial charge in [-0.05, 0) is 0 Å². The van der Waals surface area contributed by atoms with Gasteiger partial charge in [-0.1, -0.05) is 0 Å². The summed E-state index contributed by atoms with van der Waals surface area (Å²) in [7, 11) is -1.06. The van der Waals surface area contributed by atoms with Crippen molar-refractivity contribution in [3.8, 4) is 6.07 Å². The molecule has 0 N–H and O–H groups in total. The van der Waals surface area contributed by atoms with Gasteiger partial charge in [0.15, 0.2) is 0 Å². The van der Waals surface area contributed by atoms with Crippen molar-refractivity contribution in [2.75, 3.05) is 6.54 Å². The number of nitrogens with zero attached hydrogens (tertiary/aromatic N) is 2. The molecule has 0 aromatic heterocycles. The Bertz CT molecular complexity index is 169. The van der Waals surface area contributed by atoms with Crippen molar-refractivity contribution in [2.24, 2.45) is 0 Å². The minimum absolute atomic E-state index is 0.534. The van der Waals surface area contributed by atoms with Crippen molar-refractivity contribution < 1.29 is 0 Å². The first-order chi connectivity index (χ1) is 6.00. The molecule has 0 fully saturated rings. The van der Waals surface area contributed by atoms with Gasteiger partial charge in [0.25, 0.3) is 0 Å². The predicted molar refractivity (Wildman–Crippen MR) is 62.8 cm³/mol. The van der Waals surface area contributed by atoms with Crippen molar-refractivity contribution >= 4 is 19.8 Å². The molecule has 2 nitrogen and oxygen atoms in total. The second-order valence-electron chi connectivity index (χ2n) is 4.01. The first kappa shape index (κ1) is 13.2. The molecule has 0 aliphatic carbocycles. The molecule has 0 rings (SSSR count). The first-order valence-corrected chi connectivity index (χ1v) is 6.98. The third-order valence-electron chi connectivity index (χ3n) is 2.13. The van der Waals surface area contributed by atoms with E-state index in [0.29, 0.717) is 24.3 Å². The van der Waals surface area contributed by atoms with Gasteiger partial charge >= 0.3 is 87.3 Å². The Labute approximate surface area is 87.8 Å². The van der Waals surface area contributed by atoms with Crippen LogP contribution in [0, 0.1) is 11.3 Å². The number of nitriles is 1. The molecule has 0 bridgehead atoms. The summed E-state index contributed by atoms with van der Waals surface area (Å²) in [5.41, 5.74) is 1.33. The molecule has 0 amide bonds. The molecule has 0 radical (unpaired) electrons. The Morgan fingerprint density at radius 1 is 1.31 bits per heavy atom. The minimum atomic E-state index is -1.06. The quantitative estimate of drug-likeness (QED) is 0.528. The summed E-state index contributed by atoms with van der Waals surface area (Å²) in [4.78, 5) is 0. The summed E-state index contributed by atoms with van der Waals surface area (Å²) in [6.07, 6.45) is 0.534. The van der Waals surface area contributed by atoms with Gasteiger partial charge in [0.1, 0.15) is 0 Å². The Morgan fingerprint density at radius 3 is 2.08 bits per heavy atom. The molecule has 13 heavy (non-hydrogen) atoms. The van der Waals surface area contributed by atoms with Crippen LogP contribution in [0.5, 0.6) is 0 Å². The van der Waals surface area contributed by atoms with E-state index in [2.05, 4.69) is 33.8 Å². The molecule has 0 spiro atoms. The number of hydrogen-bond acceptors (Lipinski definition) is 2. The van der Waals surface area contributed by atoms with E-state index in [1.807, 2.05) is 4.19 Å². The second-order valence-corrected chi connectivity index (χ2v) is 9.04. The number of hydrogen-bond donors (Lipinski definition) is 0. The maximum atomic E-state index is 8.45. The monoisotopic (exact) mass is 222 g/mol. The normalized spacial score (nSPS) is 12.4. The summed E-state index contributed by atoms with van der Waals surface area (Å²) in [5, 5.41) is 8.45. The van der Waals surface area contributed by atoms with E-state index in [9.17, 15) is 0 Å². The van der Waals surface area contributed by atoms with Crippen LogP contribution in [-0.4, -0.2) is 22.1 Å². The molecule has 0 heterocycles. The summed E-state index contributed by atoms with van der Waals surface area (Å²) in [5.74, 6) is 0. The van der Waals surface area contributed by atoms with Gasteiger partial charge in [0.2, 0.25) is 0 Å².